The number of likely N-dealkylation sites (tertiary alicyclic amines) is 1. The van der Waals surface area contributed by atoms with Gasteiger partial charge in [0.2, 0.25) is 0 Å². The lowest BCUT2D eigenvalue weighted by atomic mass is 9.93. The first-order chi connectivity index (χ1) is 7.25. The van der Waals surface area contributed by atoms with Crippen LogP contribution < -0.4 is 5.73 Å². The molecule has 15 heavy (non-hydrogen) atoms. The molecule has 2 aliphatic heterocycles. The van der Waals surface area contributed by atoms with Crippen LogP contribution in [0.3, 0.4) is 0 Å². The third-order valence-corrected chi connectivity index (χ3v) is 4.96. The highest BCUT2D eigenvalue weighted by molar-refractivity contribution is 7.99. The minimum atomic E-state index is 0.447. The molecule has 0 amide bonds. The third-order valence-electron chi connectivity index (χ3n) is 3.91. The molecule has 2 saturated heterocycles. The Balaban J connectivity index is 1.74. The van der Waals surface area contributed by atoms with E-state index in [4.69, 9.17) is 5.73 Å². The number of hydrogen-bond acceptors (Lipinski definition) is 3. The lowest BCUT2D eigenvalue weighted by Gasteiger charge is -2.37. The molecule has 0 aromatic carbocycles. The van der Waals surface area contributed by atoms with Crippen molar-refractivity contribution in [2.24, 2.45) is 17.6 Å². The van der Waals surface area contributed by atoms with Crippen LogP contribution in [0.1, 0.15) is 26.2 Å². The van der Waals surface area contributed by atoms with Crippen LogP contribution in [0.2, 0.25) is 0 Å². The molecule has 2 atom stereocenters. The van der Waals surface area contributed by atoms with E-state index in [1.165, 1.54) is 50.4 Å². The number of nitrogens with zero attached hydrogens (tertiary/aromatic N) is 1. The van der Waals surface area contributed by atoms with Crippen molar-refractivity contribution in [3.8, 4) is 0 Å². The summed E-state index contributed by atoms with van der Waals surface area (Å²) in [5, 5.41) is 0. The van der Waals surface area contributed by atoms with Crippen LogP contribution in [-0.4, -0.2) is 42.1 Å². The van der Waals surface area contributed by atoms with Crippen molar-refractivity contribution in [2.75, 3.05) is 31.1 Å². The minimum Gasteiger partial charge on any atom is -0.327 e. The van der Waals surface area contributed by atoms with Gasteiger partial charge in [-0.05, 0) is 49.1 Å². The van der Waals surface area contributed by atoms with Crippen molar-refractivity contribution in [1.29, 1.82) is 0 Å². The molecule has 0 saturated carbocycles. The van der Waals surface area contributed by atoms with Gasteiger partial charge in [0.1, 0.15) is 0 Å². The zero-order valence-electron chi connectivity index (χ0n) is 9.82. The summed E-state index contributed by atoms with van der Waals surface area (Å²) in [6, 6.07) is 0.447. The fraction of sp³-hybridized carbons (Fsp3) is 1.00. The Kier molecular flexibility index (Phi) is 4.35. The maximum atomic E-state index is 6.04. The number of thioether (sulfide) groups is 1. The summed E-state index contributed by atoms with van der Waals surface area (Å²) in [5.74, 6) is 4.42. The molecule has 88 valence electrons. The number of nitrogens with two attached hydrogens (primary N) is 1. The predicted octanol–water partition coefficient (Wildman–Crippen LogP) is 1.80. The molecular weight excluding hydrogens is 204 g/mol. The Hall–Kier alpha value is 0.270. The van der Waals surface area contributed by atoms with Gasteiger partial charge in [0, 0.05) is 19.1 Å². The van der Waals surface area contributed by atoms with Crippen LogP contribution in [0.15, 0.2) is 0 Å². The Labute approximate surface area is 98.0 Å². The van der Waals surface area contributed by atoms with Gasteiger partial charge in [0.05, 0.1) is 0 Å². The minimum absolute atomic E-state index is 0.447. The molecule has 2 aliphatic rings. The van der Waals surface area contributed by atoms with Gasteiger partial charge < -0.3 is 10.6 Å². The zero-order valence-corrected chi connectivity index (χ0v) is 10.6. The second-order valence-corrected chi connectivity index (χ2v) is 6.47. The van der Waals surface area contributed by atoms with Gasteiger partial charge in [-0.25, -0.2) is 0 Å². The van der Waals surface area contributed by atoms with Crippen LogP contribution in [0.4, 0.5) is 0 Å². The predicted molar refractivity (Wildman–Crippen MR) is 68.2 cm³/mol. The summed E-state index contributed by atoms with van der Waals surface area (Å²) in [5.41, 5.74) is 6.04. The standard InChI is InChI=1S/C12H24N2S/c1-10-8-14(5-2-12(10)13)9-11-3-6-15-7-4-11/h10-12H,2-9,13H2,1H3. The fourth-order valence-electron chi connectivity index (χ4n) is 2.71. The van der Waals surface area contributed by atoms with E-state index in [2.05, 4.69) is 23.6 Å². The van der Waals surface area contributed by atoms with Gasteiger partial charge in [-0.1, -0.05) is 6.92 Å². The number of hydrogen-bond donors (Lipinski definition) is 1. The van der Waals surface area contributed by atoms with Gasteiger partial charge in [-0.15, -0.1) is 0 Å². The van der Waals surface area contributed by atoms with Crippen molar-refractivity contribution < 1.29 is 0 Å². The second-order valence-electron chi connectivity index (χ2n) is 5.25. The normalized spacial score (nSPS) is 35.6. The summed E-state index contributed by atoms with van der Waals surface area (Å²) >= 11 is 2.12. The molecular formula is C12H24N2S. The summed E-state index contributed by atoms with van der Waals surface area (Å²) in [6.45, 7) is 6.09. The van der Waals surface area contributed by atoms with E-state index in [-0.39, 0.29) is 0 Å². The highest BCUT2D eigenvalue weighted by Gasteiger charge is 2.25. The van der Waals surface area contributed by atoms with E-state index in [0.29, 0.717) is 12.0 Å². The van der Waals surface area contributed by atoms with Gasteiger partial charge in [0.25, 0.3) is 0 Å². The second kappa shape index (κ2) is 5.55. The van der Waals surface area contributed by atoms with Crippen LogP contribution in [0, 0.1) is 11.8 Å². The smallest absolute Gasteiger partial charge is 0.00889 e. The van der Waals surface area contributed by atoms with E-state index in [9.17, 15) is 0 Å². The first kappa shape index (κ1) is 11.7. The molecule has 0 aromatic heterocycles. The maximum absolute atomic E-state index is 6.04. The monoisotopic (exact) mass is 228 g/mol. The van der Waals surface area contributed by atoms with E-state index in [1.807, 2.05) is 0 Å². The number of piperidine rings is 1. The van der Waals surface area contributed by atoms with Crippen molar-refractivity contribution in [3.05, 3.63) is 0 Å². The third kappa shape index (κ3) is 3.36. The van der Waals surface area contributed by atoms with Gasteiger partial charge >= 0.3 is 0 Å². The molecule has 2 unspecified atom stereocenters. The highest BCUT2D eigenvalue weighted by Crippen LogP contribution is 2.25. The van der Waals surface area contributed by atoms with Crippen molar-refractivity contribution in [2.45, 2.75) is 32.2 Å². The average Bonchev–Trinajstić information content (AvgIpc) is 2.25. The van der Waals surface area contributed by atoms with E-state index in [1.54, 1.807) is 0 Å². The summed E-state index contributed by atoms with van der Waals surface area (Å²) in [7, 11) is 0. The highest BCUT2D eigenvalue weighted by atomic mass is 32.2. The van der Waals surface area contributed by atoms with Crippen LogP contribution >= 0.6 is 11.8 Å². The van der Waals surface area contributed by atoms with Gasteiger partial charge in [-0.3, -0.25) is 0 Å². The van der Waals surface area contributed by atoms with E-state index < -0.39 is 0 Å². The Bertz CT molecular complexity index is 192. The summed E-state index contributed by atoms with van der Waals surface area (Å²) in [6.07, 6.45) is 4.06. The molecule has 2 fully saturated rings. The molecule has 2 nitrogen and oxygen atoms in total. The topological polar surface area (TPSA) is 29.3 Å². The van der Waals surface area contributed by atoms with Crippen molar-refractivity contribution in [3.63, 3.8) is 0 Å². The fourth-order valence-corrected chi connectivity index (χ4v) is 3.91. The zero-order chi connectivity index (χ0) is 10.7. The molecule has 0 radical (unpaired) electrons. The van der Waals surface area contributed by atoms with Crippen LogP contribution in [0.25, 0.3) is 0 Å². The molecule has 0 aromatic rings. The first-order valence-corrected chi connectivity index (χ1v) is 7.47. The van der Waals surface area contributed by atoms with E-state index >= 15 is 0 Å². The van der Waals surface area contributed by atoms with E-state index in [0.717, 1.165) is 5.92 Å². The maximum Gasteiger partial charge on any atom is 0.00889 e. The molecule has 2 N–H and O–H groups in total. The summed E-state index contributed by atoms with van der Waals surface area (Å²) < 4.78 is 0. The largest absolute Gasteiger partial charge is 0.327 e. The summed E-state index contributed by atoms with van der Waals surface area (Å²) in [4.78, 5) is 2.65. The Morgan fingerprint density at radius 1 is 1.27 bits per heavy atom. The van der Waals surface area contributed by atoms with Gasteiger partial charge in [-0.2, -0.15) is 11.8 Å². The SMILES string of the molecule is CC1CN(CC2CCSCC2)CCC1N. The molecule has 2 heterocycles. The average molecular weight is 228 g/mol. The van der Waals surface area contributed by atoms with Crippen molar-refractivity contribution in [1.82, 2.24) is 4.90 Å². The quantitative estimate of drug-likeness (QED) is 0.781. The van der Waals surface area contributed by atoms with Crippen LogP contribution in [-0.2, 0) is 0 Å². The molecule has 0 bridgehead atoms. The molecule has 3 heteroatoms. The lowest BCUT2D eigenvalue weighted by molar-refractivity contribution is 0.140. The molecule has 2 rings (SSSR count). The Morgan fingerprint density at radius 3 is 2.67 bits per heavy atom. The van der Waals surface area contributed by atoms with Crippen molar-refractivity contribution >= 4 is 11.8 Å². The number of rotatable bonds is 2. The molecule has 0 spiro atoms. The Morgan fingerprint density at radius 2 is 2.00 bits per heavy atom. The molecule has 0 aliphatic carbocycles. The van der Waals surface area contributed by atoms with Gasteiger partial charge in [0.15, 0.2) is 0 Å². The van der Waals surface area contributed by atoms with Crippen LogP contribution in [0.5, 0.6) is 0 Å². The lowest BCUT2D eigenvalue weighted by Crippen LogP contribution is -2.47. The first-order valence-electron chi connectivity index (χ1n) is 6.31.